The number of aromatic nitrogens is 2. The van der Waals surface area contributed by atoms with Crippen molar-refractivity contribution in [3.05, 3.63) is 59.7 Å². The summed E-state index contributed by atoms with van der Waals surface area (Å²) in [4.78, 5) is 59.2. The first kappa shape index (κ1) is 32.1. The first-order valence-corrected chi connectivity index (χ1v) is 17.6. The van der Waals surface area contributed by atoms with Crippen molar-refractivity contribution in [3.63, 3.8) is 0 Å². The van der Waals surface area contributed by atoms with E-state index < -0.39 is 29.7 Å². The van der Waals surface area contributed by atoms with E-state index in [0.29, 0.717) is 41.1 Å². The summed E-state index contributed by atoms with van der Waals surface area (Å²) < 4.78 is 0. The highest BCUT2D eigenvalue weighted by Gasteiger charge is 2.45. The predicted molar refractivity (Wildman–Crippen MR) is 186 cm³/mol. The van der Waals surface area contributed by atoms with E-state index in [9.17, 15) is 24.3 Å². The molecule has 8 rings (SSSR count). The third kappa shape index (κ3) is 5.92. The van der Waals surface area contributed by atoms with Gasteiger partial charge in [0.05, 0.1) is 28.6 Å². The highest BCUT2D eigenvalue weighted by atomic mass is 16.3. The Bertz CT molecular complexity index is 1840. The molecule has 14 nitrogen and oxygen atoms in total. The Balaban J connectivity index is 0.812. The van der Waals surface area contributed by atoms with Crippen molar-refractivity contribution in [2.75, 3.05) is 67.9 Å². The molecule has 14 heteroatoms. The second kappa shape index (κ2) is 13.3. The molecule has 3 fully saturated rings. The fraction of sp³-hybridized carbons (Fsp3) is 0.444. The van der Waals surface area contributed by atoms with Gasteiger partial charge >= 0.3 is 0 Å². The van der Waals surface area contributed by atoms with Gasteiger partial charge in [-0.2, -0.15) is 0 Å². The van der Waals surface area contributed by atoms with Gasteiger partial charge in [0.25, 0.3) is 11.8 Å². The predicted octanol–water partition coefficient (Wildman–Crippen LogP) is 2.13. The molecule has 4 N–H and O–H groups in total. The lowest BCUT2D eigenvalue weighted by Gasteiger charge is -2.49. The number of fused-ring (bicyclic) bond motifs is 4. The number of anilines is 3. The van der Waals surface area contributed by atoms with E-state index in [4.69, 9.17) is 0 Å². The van der Waals surface area contributed by atoms with Crippen molar-refractivity contribution < 1.29 is 24.3 Å². The third-order valence-corrected chi connectivity index (χ3v) is 10.8. The summed E-state index contributed by atoms with van der Waals surface area (Å²) in [6.07, 6.45) is 3.34. The van der Waals surface area contributed by atoms with Crippen LogP contribution in [0.2, 0.25) is 0 Å². The molecule has 5 aliphatic rings. The molecule has 5 aliphatic heterocycles. The number of piperidine rings is 2. The second-order valence-electron chi connectivity index (χ2n) is 13.7. The summed E-state index contributed by atoms with van der Waals surface area (Å²) in [7, 11) is 0. The average molecular weight is 680 g/mol. The van der Waals surface area contributed by atoms with Gasteiger partial charge in [0, 0.05) is 56.4 Å². The first-order chi connectivity index (χ1) is 24.4. The van der Waals surface area contributed by atoms with Gasteiger partial charge in [-0.05, 0) is 75.6 Å². The zero-order valence-electron chi connectivity index (χ0n) is 27.8. The van der Waals surface area contributed by atoms with Crippen LogP contribution in [0.5, 0.6) is 5.75 Å². The Hall–Kier alpha value is -5.08. The number of likely N-dealkylation sites (tertiary alicyclic amines) is 1. The van der Waals surface area contributed by atoms with Crippen LogP contribution in [0, 0.1) is 0 Å². The number of amides is 4. The minimum absolute atomic E-state index is 0.0927. The number of aromatic hydroxyl groups is 1. The molecule has 50 heavy (non-hydrogen) atoms. The second-order valence-corrected chi connectivity index (χ2v) is 13.7. The highest BCUT2D eigenvalue weighted by molar-refractivity contribution is 6.25. The topological polar surface area (TPSA) is 163 Å². The van der Waals surface area contributed by atoms with Crippen LogP contribution in [0.15, 0.2) is 48.5 Å². The van der Waals surface area contributed by atoms with Crippen molar-refractivity contribution in [2.45, 2.75) is 50.2 Å². The van der Waals surface area contributed by atoms with E-state index in [1.165, 1.54) is 0 Å². The molecule has 4 amide bonds. The summed E-state index contributed by atoms with van der Waals surface area (Å²) >= 11 is 0. The molecule has 3 aromatic rings. The highest BCUT2D eigenvalue weighted by Crippen LogP contribution is 2.37. The van der Waals surface area contributed by atoms with Crippen LogP contribution in [0.4, 0.5) is 17.2 Å². The Morgan fingerprint density at radius 3 is 2.52 bits per heavy atom. The van der Waals surface area contributed by atoms with Crippen molar-refractivity contribution >= 4 is 40.8 Å². The normalized spacial score (nSPS) is 22.9. The number of hydrogen-bond acceptors (Lipinski definition) is 12. The van der Waals surface area contributed by atoms with Crippen molar-refractivity contribution in [1.82, 2.24) is 30.2 Å². The van der Waals surface area contributed by atoms with E-state index in [1.54, 1.807) is 30.3 Å². The van der Waals surface area contributed by atoms with Gasteiger partial charge in [0.1, 0.15) is 11.8 Å². The molecule has 1 unspecified atom stereocenters. The lowest BCUT2D eigenvalue weighted by molar-refractivity contribution is -0.136. The molecule has 0 bridgehead atoms. The van der Waals surface area contributed by atoms with E-state index in [0.717, 1.165) is 81.5 Å². The smallest absolute Gasteiger partial charge is 0.264 e. The van der Waals surface area contributed by atoms with E-state index in [-0.39, 0.29) is 24.2 Å². The molecule has 0 aliphatic carbocycles. The number of nitrogens with one attached hydrogen (secondary N) is 3. The number of rotatable bonds is 8. The molecule has 2 atom stereocenters. The lowest BCUT2D eigenvalue weighted by atomic mass is 9.99. The average Bonchev–Trinajstić information content (AvgIpc) is 3.39. The fourth-order valence-corrected chi connectivity index (χ4v) is 8.16. The van der Waals surface area contributed by atoms with Crippen LogP contribution in [-0.4, -0.2) is 124 Å². The number of nitrogens with zero attached hydrogens (tertiary/aromatic N) is 6. The minimum atomic E-state index is -0.977. The standard InChI is InChI=1S/C36H41N9O5/c46-30-8-2-1-5-24(30)27-19-29-33(41-40-27)38-20-23-21-43(17-18-44(23)29)22-11-15-42(16-12-22)14-4-13-37-26-7-3-6-25-32(26)36(50)45(35(25)49)28-9-10-31(47)39-34(28)48/h1-3,5-8,19,22-23,28,37,46H,4,9-18,20-21H2,(H,38,41)(H,39,47,48)/t23-,28?/m0/s1. The van der Waals surface area contributed by atoms with E-state index >= 15 is 0 Å². The van der Waals surface area contributed by atoms with Gasteiger partial charge < -0.3 is 25.5 Å². The summed E-state index contributed by atoms with van der Waals surface area (Å²) in [6.45, 7) is 7.35. The molecule has 260 valence electrons. The largest absolute Gasteiger partial charge is 0.507 e. The van der Waals surface area contributed by atoms with Crippen LogP contribution in [0.1, 0.15) is 52.8 Å². The number of benzene rings is 2. The quantitative estimate of drug-likeness (QED) is 0.203. The van der Waals surface area contributed by atoms with Gasteiger partial charge in [-0.25, -0.2) is 0 Å². The van der Waals surface area contributed by atoms with Crippen LogP contribution in [-0.2, 0) is 9.59 Å². The molecular weight excluding hydrogens is 638 g/mol. The van der Waals surface area contributed by atoms with Gasteiger partial charge in [0.15, 0.2) is 5.82 Å². The van der Waals surface area contributed by atoms with Gasteiger partial charge in [-0.15, -0.1) is 10.2 Å². The Labute approximate surface area is 289 Å². The third-order valence-electron chi connectivity index (χ3n) is 10.8. The Kier molecular flexibility index (Phi) is 8.57. The van der Waals surface area contributed by atoms with Crippen molar-refractivity contribution in [1.29, 1.82) is 0 Å². The van der Waals surface area contributed by atoms with Crippen molar-refractivity contribution in [2.24, 2.45) is 0 Å². The van der Waals surface area contributed by atoms with Crippen LogP contribution < -0.4 is 20.9 Å². The molecule has 1 aromatic heterocycles. The van der Waals surface area contributed by atoms with Gasteiger partial charge in [-0.3, -0.25) is 34.3 Å². The molecule has 6 heterocycles. The lowest BCUT2D eigenvalue weighted by Crippen LogP contribution is -2.61. The monoisotopic (exact) mass is 679 g/mol. The number of para-hydroxylation sites is 1. The zero-order chi connectivity index (χ0) is 34.4. The number of piperazine rings is 1. The SMILES string of the molecule is O=C1CCC(N2C(=O)c3cccc(NCCCN4CCC(N5CCN6c7cc(-c8ccccc8O)nnc7NC[C@H]6C5)CC4)c3C2=O)C(=O)N1. The van der Waals surface area contributed by atoms with Crippen LogP contribution in [0.25, 0.3) is 11.3 Å². The maximum atomic E-state index is 13.4. The molecule has 0 radical (unpaired) electrons. The van der Waals surface area contributed by atoms with Crippen LogP contribution in [0.3, 0.4) is 0 Å². The number of phenols is 1. The van der Waals surface area contributed by atoms with Crippen LogP contribution >= 0.6 is 0 Å². The van der Waals surface area contributed by atoms with Gasteiger partial charge in [-0.1, -0.05) is 18.2 Å². The number of imide groups is 2. The van der Waals surface area contributed by atoms with E-state index in [2.05, 4.69) is 40.8 Å². The number of hydrogen-bond donors (Lipinski definition) is 4. The Morgan fingerprint density at radius 1 is 0.880 bits per heavy atom. The maximum Gasteiger partial charge on any atom is 0.264 e. The number of carbonyl (C=O) groups excluding carboxylic acids is 4. The summed E-state index contributed by atoms with van der Waals surface area (Å²) in [5, 5.41) is 28.3. The molecule has 2 aromatic carbocycles. The van der Waals surface area contributed by atoms with Crippen molar-refractivity contribution in [3.8, 4) is 17.0 Å². The minimum Gasteiger partial charge on any atom is -0.507 e. The fourth-order valence-electron chi connectivity index (χ4n) is 8.16. The zero-order valence-corrected chi connectivity index (χ0v) is 27.8. The summed E-state index contributed by atoms with van der Waals surface area (Å²) in [5.41, 5.74) is 3.56. The molecule has 0 saturated carbocycles. The van der Waals surface area contributed by atoms with Gasteiger partial charge in [0.2, 0.25) is 11.8 Å². The number of carbonyl (C=O) groups is 4. The maximum absolute atomic E-state index is 13.4. The molecular formula is C36H41N9O5. The van der Waals surface area contributed by atoms with E-state index in [1.807, 2.05) is 18.2 Å². The molecule has 3 saturated heterocycles. The first-order valence-electron chi connectivity index (χ1n) is 17.6. The number of phenolic OH excluding ortho intramolecular Hbond substituents is 1. The molecule has 0 spiro atoms. The summed E-state index contributed by atoms with van der Waals surface area (Å²) in [6, 6.07) is 14.3. The Morgan fingerprint density at radius 2 is 1.70 bits per heavy atom. The summed E-state index contributed by atoms with van der Waals surface area (Å²) in [5.74, 6) is -0.998.